The van der Waals surface area contributed by atoms with E-state index in [2.05, 4.69) is 20.1 Å². The van der Waals surface area contributed by atoms with Crippen LogP contribution >= 0.6 is 11.6 Å². The van der Waals surface area contributed by atoms with Gasteiger partial charge in [0.25, 0.3) is 0 Å². The molecule has 9 nitrogen and oxygen atoms in total. The SMILES string of the molecule is C[C@H]1CCN1c1nc(-c2noc(C3CCN(C(=O)OC(C)(C)C)CC3)n2)c(Cl)c(C(F)(F)F)n1. The molecule has 0 aromatic carbocycles. The Hall–Kier alpha value is -2.63. The molecule has 13 heteroatoms. The van der Waals surface area contributed by atoms with E-state index in [1.807, 2.05) is 6.92 Å². The highest BCUT2D eigenvalue weighted by atomic mass is 35.5. The summed E-state index contributed by atoms with van der Waals surface area (Å²) >= 11 is 6.06. The Morgan fingerprint density at radius 2 is 1.76 bits per heavy atom. The summed E-state index contributed by atoms with van der Waals surface area (Å²) in [5, 5.41) is 3.19. The van der Waals surface area contributed by atoms with E-state index in [1.165, 1.54) is 0 Å². The van der Waals surface area contributed by atoms with Crippen molar-refractivity contribution in [3.05, 3.63) is 16.6 Å². The van der Waals surface area contributed by atoms with Gasteiger partial charge in [-0.2, -0.15) is 18.2 Å². The molecule has 34 heavy (non-hydrogen) atoms. The van der Waals surface area contributed by atoms with Crippen LogP contribution in [0.1, 0.15) is 64.5 Å². The number of halogens is 4. The standard InChI is InChI=1S/C21H26ClF3N6O3/c1-11-5-10-31(11)18-26-14(13(22)15(27-18)21(23,24)25)16-28-17(34-29-16)12-6-8-30(9-7-12)19(32)33-20(2,3)4/h11-12H,5-10H2,1-4H3/t11-/m0/s1. The van der Waals surface area contributed by atoms with Crippen LogP contribution in [0.2, 0.25) is 5.02 Å². The Morgan fingerprint density at radius 3 is 2.29 bits per heavy atom. The minimum Gasteiger partial charge on any atom is -0.444 e. The maximum absolute atomic E-state index is 13.6. The summed E-state index contributed by atoms with van der Waals surface area (Å²) in [7, 11) is 0. The Bertz CT molecular complexity index is 1060. The van der Waals surface area contributed by atoms with Gasteiger partial charge in [-0.05, 0) is 47.0 Å². The van der Waals surface area contributed by atoms with E-state index < -0.39 is 28.6 Å². The molecule has 1 atom stereocenters. The zero-order chi connectivity index (χ0) is 24.8. The predicted molar refractivity (Wildman–Crippen MR) is 117 cm³/mol. The van der Waals surface area contributed by atoms with Gasteiger partial charge in [-0.25, -0.2) is 14.8 Å². The molecular formula is C21H26ClF3N6O3. The van der Waals surface area contributed by atoms with Crippen molar-refractivity contribution in [3.63, 3.8) is 0 Å². The van der Waals surface area contributed by atoms with Gasteiger partial charge in [0, 0.05) is 31.6 Å². The first-order valence-corrected chi connectivity index (χ1v) is 11.4. The third kappa shape index (κ3) is 5.06. The van der Waals surface area contributed by atoms with Crippen molar-refractivity contribution in [2.75, 3.05) is 24.5 Å². The molecule has 1 amide bonds. The van der Waals surface area contributed by atoms with Crippen LogP contribution < -0.4 is 4.90 Å². The van der Waals surface area contributed by atoms with Crippen LogP contribution in [0.4, 0.5) is 23.9 Å². The predicted octanol–water partition coefficient (Wildman–Crippen LogP) is 4.91. The molecule has 0 unspecified atom stereocenters. The number of alkyl halides is 3. The minimum atomic E-state index is -4.77. The topological polar surface area (TPSA) is 97.5 Å². The van der Waals surface area contributed by atoms with Crippen LogP contribution in [0.15, 0.2) is 4.52 Å². The first-order chi connectivity index (χ1) is 15.8. The molecule has 2 aromatic heterocycles. The summed E-state index contributed by atoms with van der Waals surface area (Å²) in [5.41, 5.74) is -2.04. The van der Waals surface area contributed by atoms with E-state index in [0.29, 0.717) is 32.5 Å². The highest BCUT2D eigenvalue weighted by molar-refractivity contribution is 6.33. The van der Waals surface area contributed by atoms with Gasteiger partial charge in [0.05, 0.1) is 0 Å². The highest BCUT2D eigenvalue weighted by Gasteiger charge is 2.40. The van der Waals surface area contributed by atoms with Crippen molar-refractivity contribution in [2.45, 2.75) is 70.7 Å². The van der Waals surface area contributed by atoms with Crippen molar-refractivity contribution in [1.82, 2.24) is 25.0 Å². The lowest BCUT2D eigenvalue weighted by Gasteiger charge is -2.39. The molecule has 2 aliphatic rings. The van der Waals surface area contributed by atoms with E-state index in [1.54, 1.807) is 30.6 Å². The molecule has 0 aliphatic carbocycles. The van der Waals surface area contributed by atoms with Gasteiger partial charge in [0.2, 0.25) is 17.7 Å². The first kappa shape index (κ1) is 24.5. The average molecular weight is 503 g/mol. The van der Waals surface area contributed by atoms with Crippen molar-refractivity contribution in [2.24, 2.45) is 0 Å². The molecule has 2 fully saturated rings. The molecule has 0 bridgehead atoms. The molecule has 4 rings (SSSR count). The van der Waals surface area contributed by atoms with Crippen LogP contribution in [0.3, 0.4) is 0 Å². The third-order valence-corrected chi connectivity index (χ3v) is 6.19. The van der Waals surface area contributed by atoms with E-state index >= 15 is 0 Å². The highest BCUT2D eigenvalue weighted by Crippen LogP contribution is 2.40. The van der Waals surface area contributed by atoms with Gasteiger partial charge in [-0.3, -0.25) is 0 Å². The lowest BCUT2D eigenvalue weighted by Crippen LogP contribution is -2.47. The Kier molecular flexibility index (Phi) is 6.38. The lowest BCUT2D eigenvalue weighted by molar-refractivity contribution is -0.141. The fraction of sp³-hybridized carbons (Fsp3) is 0.667. The zero-order valence-corrected chi connectivity index (χ0v) is 20.1. The van der Waals surface area contributed by atoms with Crippen LogP contribution in [0.5, 0.6) is 0 Å². The Balaban J connectivity index is 1.54. The van der Waals surface area contributed by atoms with Crippen molar-refractivity contribution in [1.29, 1.82) is 0 Å². The molecule has 0 N–H and O–H groups in total. The molecule has 0 saturated carbocycles. The van der Waals surface area contributed by atoms with Gasteiger partial charge in [0.15, 0.2) is 5.69 Å². The molecule has 186 valence electrons. The van der Waals surface area contributed by atoms with Crippen LogP contribution in [0.25, 0.3) is 11.5 Å². The number of carbonyl (C=O) groups is 1. The number of amides is 1. The fourth-order valence-corrected chi connectivity index (χ4v) is 4.12. The lowest BCUT2D eigenvalue weighted by atomic mass is 9.97. The van der Waals surface area contributed by atoms with Gasteiger partial charge in [-0.15, -0.1) is 0 Å². The second kappa shape index (κ2) is 8.86. The number of aromatic nitrogens is 4. The Morgan fingerprint density at radius 1 is 1.09 bits per heavy atom. The summed E-state index contributed by atoms with van der Waals surface area (Å²) < 4.78 is 51.6. The number of ether oxygens (including phenoxy) is 1. The average Bonchev–Trinajstić information content (AvgIpc) is 3.21. The van der Waals surface area contributed by atoms with Crippen molar-refractivity contribution in [3.8, 4) is 11.5 Å². The van der Waals surface area contributed by atoms with Crippen LogP contribution in [-0.2, 0) is 10.9 Å². The summed E-state index contributed by atoms with van der Waals surface area (Å²) in [4.78, 5) is 27.8. The van der Waals surface area contributed by atoms with Crippen molar-refractivity contribution < 1.29 is 27.2 Å². The minimum absolute atomic E-state index is 0.0195. The molecule has 4 heterocycles. The van der Waals surface area contributed by atoms with Crippen LogP contribution in [0, 0.1) is 0 Å². The smallest absolute Gasteiger partial charge is 0.435 e. The molecule has 2 aromatic rings. The van der Waals surface area contributed by atoms with Gasteiger partial charge < -0.3 is 19.1 Å². The van der Waals surface area contributed by atoms with Crippen LogP contribution in [-0.4, -0.2) is 62.4 Å². The quantitative estimate of drug-likeness (QED) is 0.584. The number of likely N-dealkylation sites (tertiary alicyclic amines) is 1. The normalized spacial score (nSPS) is 19.8. The van der Waals surface area contributed by atoms with E-state index in [4.69, 9.17) is 20.9 Å². The van der Waals surface area contributed by atoms with Crippen molar-refractivity contribution >= 4 is 23.6 Å². The first-order valence-electron chi connectivity index (χ1n) is 11.1. The second-order valence-corrected chi connectivity index (χ2v) is 9.94. The van der Waals surface area contributed by atoms with E-state index in [9.17, 15) is 18.0 Å². The summed E-state index contributed by atoms with van der Waals surface area (Å²) in [6.45, 7) is 8.69. The largest absolute Gasteiger partial charge is 0.444 e. The fourth-order valence-electron chi connectivity index (χ4n) is 3.85. The number of piperidine rings is 1. The number of anilines is 1. The molecule has 0 spiro atoms. The van der Waals surface area contributed by atoms with E-state index in [0.717, 1.165) is 6.42 Å². The Labute approximate surface area is 199 Å². The number of nitrogens with zero attached hydrogens (tertiary/aromatic N) is 6. The monoisotopic (exact) mass is 502 g/mol. The number of rotatable bonds is 3. The molecular weight excluding hydrogens is 477 g/mol. The van der Waals surface area contributed by atoms with E-state index in [-0.39, 0.29) is 35.3 Å². The maximum atomic E-state index is 13.6. The number of carbonyl (C=O) groups excluding carboxylic acids is 1. The second-order valence-electron chi connectivity index (χ2n) is 9.56. The molecule has 2 aliphatic heterocycles. The zero-order valence-electron chi connectivity index (χ0n) is 19.3. The third-order valence-electron chi connectivity index (χ3n) is 5.83. The number of hydrogen-bond donors (Lipinski definition) is 0. The summed E-state index contributed by atoms with van der Waals surface area (Å²) in [6.07, 6.45) is -3.24. The maximum Gasteiger partial charge on any atom is 0.435 e. The molecule has 0 radical (unpaired) electrons. The van der Waals surface area contributed by atoms with Gasteiger partial charge >= 0.3 is 12.3 Å². The van der Waals surface area contributed by atoms with Gasteiger partial charge in [0.1, 0.15) is 16.3 Å². The number of hydrogen-bond acceptors (Lipinski definition) is 8. The summed E-state index contributed by atoms with van der Waals surface area (Å²) in [5.74, 6) is -0.0853. The van der Waals surface area contributed by atoms with Gasteiger partial charge in [-0.1, -0.05) is 16.8 Å². The summed E-state index contributed by atoms with van der Waals surface area (Å²) in [6, 6.07) is 0.0195. The molecule has 2 saturated heterocycles.